The highest BCUT2D eigenvalue weighted by Gasteiger charge is 2.10. The molecule has 1 N–H and O–H groups in total. The highest BCUT2D eigenvalue weighted by Crippen LogP contribution is 2.24. The third-order valence-corrected chi connectivity index (χ3v) is 3.28. The Balaban J connectivity index is 2.59. The number of aryl methyl sites for hydroxylation is 1. The standard InChI is InChI=1S/C15H15N3S/c1-9(2)11-4-6-12(7-5-11)14-13(8-16)10(3)17-15(19)18-14/h4-7,9H,1-3H3,(H,17,18,19). The summed E-state index contributed by atoms with van der Waals surface area (Å²) in [6, 6.07) is 10.3. The smallest absolute Gasteiger partial charge is 0.197 e. The van der Waals surface area contributed by atoms with E-state index in [9.17, 15) is 5.26 Å². The first-order valence-electron chi connectivity index (χ1n) is 6.14. The van der Waals surface area contributed by atoms with Gasteiger partial charge in [-0.25, -0.2) is 4.98 Å². The van der Waals surface area contributed by atoms with Crippen LogP contribution in [0.2, 0.25) is 0 Å². The third kappa shape index (κ3) is 2.72. The molecular formula is C15H15N3S. The van der Waals surface area contributed by atoms with Crippen molar-refractivity contribution in [3.63, 3.8) is 0 Å². The number of hydrogen-bond acceptors (Lipinski definition) is 3. The number of nitrogens with zero attached hydrogens (tertiary/aromatic N) is 2. The van der Waals surface area contributed by atoms with E-state index in [2.05, 4.69) is 42.0 Å². The lowest BCUT2D eigenvalue weighted by atomic mass is 9.99. The highest BCUT2D eigenvalue weighted by atomic mass is 32.1. The first kappa shape index (κ1) is 13.4. The summed E-state index contributed by atoms with van der Waals surface area (Å²) >= 11 is 5.09. The van der Waals surface area contributed by atoms with Crippen LogP contribution in [0.4, 0.5) is 0 Å². The molecule has 2 aromatic rings. The number of aromatic nitrogens is 2. The van der Waals surface area contributed by atoms with Gasteiger partial charge in [-0.3, -0.25) is 0 Å². The van der Waals surface area contributed by atoms with E-state index in [1.165, 1.54) is 5.56 Å². The summed E-state index contributed by atoms with van der Waals surface area (Å²) in [7, 11) is 0. The number of benzene rings is 1. The molecule has 0 fully saturated rings. The zero-order valence-electron chi connectivity index (χ0n) is 11.2. The molecule has 1 aromatic carbocycles. The van der Waals surface area contributed by atoms with Gasteiger partial charge in [-0.15, -0.1) is 0 Å². The van der Waals surface area contributed by atoms with Gasteiger partial charge in [0.05, 0.1) is 11.3 Å². The molecule has 96 valence electrons. The number of aromatic amines is 1. The molecule has 0 saturated heterocycles. The fourth-order valence-electron chi connectivity index (χ4n) is 1.96. The molecule has 0 saturated carbocycles. The van der Waals surface area contributed by atoms with Crippen LogP contribution < -0.4 is 0 Å². The van der Waals surface area contributed by atoms with Gasteiger partial charge in [0.15, 0.2) is 4.77 Å². The summed E-state index contributed by atoms with van der Waals surface area (Å²) in [4.78, 5) is 7.20. The van der Waals surface area contributed by atoms with Gasteiger partial charge in [0, 0.05) is 11.3 Å². The first-order valence-corrected chi connectivity index (χ1v) is 6.55. The van der Waals surface area contributed by atoms with Crippen LogP contribution in [0.3, 0.4) is 0 Å². The maximum atomic E-state index is 9.25. The van der Waals surface area contributed by atoms with Crippen molar-refractivity contribution in [2.75, 3.05) is 0 Å². The molecule has 0 radical (unpaired) electrons. The molecule has 4 heteroatoms. The number of H-pyrrole nitrogens is 1. The second kappa shape index (κ2) is 5.33. The van der Waals surface area contributed by atoms with Crippen LogP contribution in [0, 0.1) is 23.0 Å². The Labute approximate surface area is 118 Å². The van der Waals surface area contributed by atoms with Crippen LogP contribution >= 0.6 is 12.2 Å². The lowest BCUT2D eigenvalue weighted by molar-refractivity contribution is 0.867. The maximum absolute atomic E-state index is 9.25. The zero-order chi connectivity index (χ0) is 14.0. The van der Waals surface area contributed by atoms with Crippen molar-refractivity contribution >= 4 is 12.2 Å². The van der Waals surface area contributed by atoms with E-state index in [1.807, 2.05) is 19.1 Å². The minimum Gasteiger partial charge on any atom is -0.333 e. The summed E-state index contributed by atoms with van der Waals surface area (Å²) in [5.74, 6) is 0.484. The molecule has 0 aliphatic rings. The Morgan fingerprint density at radius 3 is 2.42 bits per heavy atom. The van der Waals surface area contributed by atoms with Crippen molar-refractivity contribution < 1.29 is 0 Å². The highest BCUT2D eigenvalue weighted by molar-refractivity contribution is 7.71. The Morgan fingerprint density at radius 1 is 1.26 bits per heavy atom. The van der Waals surface area contributed by atoms with E-state index in [1.54, 1.807) is 0 Å². The van der Waals surface area contributed by atoms with Crippen molar-refractivity contribution in [2.45, 2.75) is 26.7 Å². The second-order valence-corrected chi connectivity index (χ2v) is 5.17. The van der Waals surface area contributed by atoms with E-state index < -0.39 is 0 Å². The molecule has 1 heterocycles. The molecule has 0 unspecified atom stereocenters. The fraction of sp³-hybridized carbons (Fsp3) is 0.267. The Morgan fingerprint density at radius 2 is 1.89 bits per heavy atom. The van der Waals surface area contributed by atoms with Gasteiger partial charge < -0.3 is 4.98 Å². The number of rotatable bonds is 2. The lowest BCUT2D eigenvalue weighted by Crippen LogP contribution is -1.97. The quantitative estimate of drug-likeness (QED) is 0.835. The predicted octanol–water partition coefficient (Wildman–Crippen LogP) is 4.11. The zero-order valence-corrected chi connectivity index (χ0v) is 12.0. The van der Waals surface area contributed by atoms with E-state index in [0.717, 1.165) is 11.3 Å². The molecule has 1 aromatic heterocycles. The molecule has 0 amide bonds. The van der Waals surface area contributed by atoms with E-state index >= 15 is 0 Å². The molecule has 0 spiro atoms. The van der Waals surface area contributed by atoms with Crippen molar-refractivity contribution in [1.82, 2.24) is 9.97 Å². The van der Waals surface area contributed by atoms with Crippen molar-refractivity contribution in [1.29, 1.82) is 5.26 Å². The molecule has 2 rings (SSSR count). The van der Waals surface area contributed by atoms with Crippen LogP contribution in [0.15, 0.2) is 24.3 Å². The molecular weight excluding hydrogens is 254 g/mol. The van der Waals surface area contributed by atoms with Gasteiger partial charge in [0.2, 0.25) is 0 Å². The first-order chi connectivity index (χ1) is 9.02. The third-order valence-electron chi connectivity index (χ3n) is 3.08. The van der Waals surface area contributed by atoms with Crippen LogP contribution in [0.5, 0.6) is 0 Å². The normalized spacial score (nSPS) is 10.5. The monoisotopic (exact) mass is 269 g/mol. The van der Waals surface area contributed by atoms with E-state index in [-0.39, 0.29) is 0 Å². The van der Waals surface area contributed by atoms with Crippen molar-refractivity contribution in [3.8, 4) is 17.3 Å². The van der Waals surface area contributed by atoms with Crippen LogP contribution in [0.25, 0.3) is 11.3 Å². The molecule has 3 nitrogen and oxygen atoms in total. The topological polar surface area (TPSA) is 52.5 Å². The largest absolute Gasteiger partial charge is 0.333 e. The number of nitrogens with one attached hydrogen (secondary N) is 1. The van der Waals surface area contributed by atoms with Gasteiger partial charge in [-0.1, -0.05) is 38.1 Å². The lowest BCUT2D eigenvalue weighted by Gasteiger charge is -2.08. The van der Waals surface area contributed by atoms with Gasteiger partial charge in [0.25, 0.3) is 0 Å². The maximum Gasteiger partial charge on any atom is 0.197 e. The van der Waals surface area contributed by atoms with Crippen LogP contribution in [0.1, 0.15) is 36.6 Å². The van der Waals surface area contributed by atoms with E-state index in [4.69, 9.17) is 12.2 Å². The van der Waals surface area contributed by atoms with Crippen LogP contribution in [-0.2, 0) is 0 Å². The molecule has 0 atom stereocenters. The number of hydrogen-bond donors (Lipinski definition) is 1. The summed E-state index contributed by atoms with van der Waals surface area (Å²) in [5.41, 5.74) is 4.14. The van der Waals surface area contributed by atoms with Gasteiger partial charge in [0.1, 0.15) is 6.07 Å². The summed E-state index contributed by atoms with van der Waals surface area (Å²) in [5, 5.41) is 9.25. The van der Waals surface area contributed by atoms with Gasteiger partial charge in [-0.05, 0) is 30.6 Å². The predicted molar refractivity (Wildman–Crippen MR) is 78.4 cm³/mol. The SMILES string of the molecule is Cc1[nH]c(=S)nc(-c2ccc(C(C)C)cc2)c1C#N. The van der Waals surface area contributed by atoms with Gasteiger partial charge in [-0.2, -0.15) is 5.26 Å². The fourth-order valence-corrected chi connectivity index (χ4v) is 2.20. The minimum absolute atomic E-state index is 0.402. The Hall–Kier alpha value is -1.99. The Kier molecular flexibility index (Phi) is 3.77. The molecule has 0 bridgehead atoms. The van der Waals surface area contributed by atoms with Crippen LogP contribution in [-0.4, -0.2) is 9.97 Å². The number of nitriles is 1. The average molecular weight is 269 g/mol. The van der Waals surface area contributed by atoms with E-state index in [0.29, 0.717) is 21.9 Å². The second-order valence-electron chi connectivity index (χ2n) is 4.78. The summed E-state index contributed by atoms with van der Waals surface area (Å²) in [6.45, 7) is 6.13. The molecule has 0 aliphatic carbocycles. The average Bonchev–Trinajstić information content (AvgIpc) is 2.38. The minimum atomic E-state index is 0.402. The van der Waals surface area contributed by atoms with Crippen molar-refractivity contribution in [3.05, 3.63) is 45.9 Å². The molecule has 19 heavy (non-hydrogen) atoms. The molecule has 0 aliphatic heterocycles. The summed E-state index contributed by atoms with van der Waals surface area (Å²) < 4.78 is 0.402. The van der Waals surface area contributed by atoms with Gasteiger partial charge >= 0.3 is 0 Å². The Bertz CT molecular complexity index is 691. The summed E-state index contributed by atoms with van der Waals surface area (Å²) in [6.07, 6.45) is 0. The van der Waals surface area contributed by atoms with Crippen molar-refractivity contribution in [2.24, 2.45) is 0 Å².